The number of pyridine rings is 1. The molecule has 5 heteroatoms. The highest BCUT2D eigenvalue weighted by Gasteiger charge is 2.09. The van der Waals surface area contributed by atoms with E-state index in [9.17, 15) is 0 Å². The lowest BCUT2D eigenvalue weighted by atomic mass is 10.2. The number of hydrogen-bond acceptors (Lipinski definition) is 5. The molecule has 0 aliphatic carbocycles. The third-order valence-electron chi connectivity index (χ3n) is 2.71. The highest BCUT2D eigenvalue weighted by atomic mass is 16.5. The molecule has 2 rings (SSSR count). The van der Waals surface area contributed by atoms with Crippen LogP contribution in [-0.4, -0.2) is 10.1 Å². The zero-order valence-electron chi connectivity index (χ0n) is 10.6. The fraction of sp³-hybridized carbons (Fsp3) is 0.308. The van der Waals surface area contributed by atoms with Gasteiger partial charge in [0.15, 0.2) is 0 Å². The largest absolute Gasteiger partial charge is 0.366 e. The van der Waals surface area contributed by atoms with E-state index in [1.165, 1.54) is 0 Å². The Balaban J connectivity index is 2.16. The molecule has 0 spiro atoms. The lowest BCUT2D eigenvalue weighted by molar-refractivity contribution is 0.392. The normalized spacial score (nSPS) is 10.1. The van der Waals surface area contributed by atoms with E-state index in [0.29, 0.717) is 17.9 Å². The summed E-state index contributed by atoms with van der Waals surface area (Å²) in [6.07, 6.45) is 0. The fourth-order valence-electron chi connectivity index (χ4n) is 1.76. The minimum Gasteiger partial charge on any atom is -0.366 e. The van der Waals surface area contributed by atoms with Crippen LogP contribution in [0.5, 0.6) is 0 Å². The second kappa shape index (κ2) is 4.88. The summed E-state index contributed by atoms with van der Waals surface area (Å²) in [7, 11) is 0. The maximum Gasteiger partial charge on any atom is 0.138 e. The Morgan fingerprint density at radius 1 is 1.33 bits per heavy atom. The van der Waals surface area contributed by atoms with E-state index in [-0.39, 0.29) is 0 Å². The molecule has 0 bridgehead atoms. The Hall–Kier alpha value is -2.35. The van der Waals surface area contributed by atoms with Crippen LogP contribution in [0.15, 0.2) is 16.7 Å². The molecule has 0 amide bonds. The zero-order chi connectivity index (χ0) is 13.1. The van der Waals surface area contributed by atoms with E-state index in [1.54, 1.807) is 12.1 Å². The Labute approximate surface area is 105 Å². The summed E-state index contributed by atoms with van der Waals surface area (Å²) in [4.78, 5) is 4.33. The maximum absolute atomic E-state index is 8.90. The molecule has 0 atom stereocenters. The first kappa shape index (κ1) is 12.1. The molecule has 2 heterocycles. The smallest absolute Gasteiger partial charge is 0.138 e. The van der Waals surface area contributed by atoms with Gasteiger partial charge in [-0.05, 0) is 32.9 Å². The number of nitrogens with one attached hydrogen (secondary N) is 1. The second-order valence-electron chi connectivity index (χ2n) is 4.15. The molecule has 0 fully saturated rings. The number of rotatable bonds is 3. The molecule has 1 N–H and O–H groups in total. The third-order valence-corrected chi connectivity index (χ3v) is 2.71. The Bertz CT molecular complexity index is 590. The predicted octanol–water partition coefficient (Wildman–Crippen LogP) is 2.48. The van der Waals surface area contributed by atoms with Crippen LogP contribution in [0.25, 0.3) is 0 Å². The maximum atomic E-state index is 8.90. The number of aryl methyl sites for hydroxylation is 3. The number of aromatic nitrogens is 2. The van der Waals surface area contributed by atoms with Crippen molar-refractivity contribution in [2.45, 2.75) is 27.3 Å². The van der Waals surface area contributed by atoms with Crippen LogP contribution < -0.4 is 5.32 Å². The lowest BCUT2D eigenvalue weighted by Crippen LogP contribution is -2.04. The summed E-state index contributed by atoms with van der Waals surface area (Å²) < 4.78 is 5.09. The molecule has 2 aromatic heterocycles. The SMILES string of the molecule is Cc1cc(C#N)cc(NCc2c(C)noc2C)n1. The van der Waals surface area contributed by atoms with Gasteiger partial charge in [0.05, 0.1) is 17.3 Å². The van der Waals surface area contributed by atoms with Gasteiger partial charge >= 0.3 is 0 Å². The average Bonchev–Trinajstić information content (AvgIpc) is 2.66. The first-order chi connectivity index (χ1) is 8.60. The first-order valence-corrected chi connectivity index (χ1v) is 5.64. The fourth-order valence-corrected chi connectivity index (χ4v) is 1.76. The molecule has 92 valence electrons. The minimum absolute atomic E-state index is 0.586. The monoisotopic (exact) mass is 242 g/mol. The van der Waals surface area contributed by atoms with Gasteiger partial charge in [0.1, 0.15) is 11.6 Å². The van der Waals surface area contributed by atoms with Gasteiger partial charge < -0.3 is 9.84 Å². The standard InChI is InChI=1S/C13H14N4O/c1-8-4-11(6-14)5-13(16-8)15-7-12-9(2)17-18-10(12)3/h4-5H,7H2,1-3H3,(H,15,16). The zero-order valence-corrected chi connectivity index (χ0v) is 10.6. The predicted molar refractivity (Wildman–Crippen MR) is 67.0 cm³/mol. The van der Waals surface area contributed by atoms with Crippen molar-refractivity contribution >= 4 is 5.82 Å². The Morgan fingerprint density at radius 2 is 2.11 bits per heavy atom. The summed E-state index contributed by atoms with van der Waals surface area (Å²) in [5.41, 5.74) is 3.31. The lowest BCUT2D eigenvalue weighted by Gasteiger charge is -2.06. The van der Waals surface area contributed by atoms with Crippen LogP contribution in [0, 0.1) is 32.1 Å². The van der Waals surface area contributed by atoms with Crippen molar-refractivity contribution in [2.24, 2.45) is 0 Å². The first-order valence-electron chi connectivity index (χ1n) is 5.64. The quantitative estimate of drug-likeness (QED) is 0.894. The summed E-state index contributed by atoms with van der Waals surface area (Å²) in [6, 6.07) is 5.59. The van der Waals surface area contributed by atoms with Crippen LogP contribution in [0.1, 0.15) is 28.3 Å². The van der Waals surface area contributed by atoms with Gasteiger partial charge in [-0.1, -0.05) is 5.16 Å². The summed E-state index contributed by atoms with van der Waals surface area (Å²) in [5.74, 6) is 1.49. The number of nitrogens with zero attached hydrogens (tertiary/aromatic N) is 3. The molecule has 5 nitrogen and oxygen atoms in total. The van der Waals surface area contributed by atoms with Crippen molar-refractivity contribution in [2.75, 3.05) is 5.32 Å². The second-order valence-corrected chi connectivity index (χ2v) is 4.15. The number of hydrogen-bond donors (Lipinski definition) is 1. The number of nitriles is 1. The van der Waals surface area contributed by atoms with E-state index < -0.39 is 0 Å². The van der Waals surface area contributed by atoms with Crippen LogP contribution in [-0.2, 0) is 6.54 Å². The van der Waals surface area contributed by atoms with E-state index >= 15 is 0 Å². The summed E-state index contributed by atoms with van der Waals surface area (Å²) in [6.45, 7) is 6.23. The van der Waals surface area contributed by atoms with Gasteiger partial charge in [0, 0.05) is 17.8 Å². The van der Waals surface area contributed by atoms with Crippen molar-refractivity contribution in [3.63, 3.8) is 0 Å². The Morgan fingerprint density at radius 3 is 2.72 bits per heavy atom. The Kier molecular flexibility index (Phi) is 3.28. The van der Waals surface area contributed by atoms with Crippen molar-refractivity contribution in [3.05, 3.63) is 40.4 Å². The van der Waals surface area contributed by atoms with Gasteiger partial charge in [-0.25, -0.2) is 4.98 Å². The highest BCUT2D eigenvalue weighted by Crippen LogP contribution is 2.15. The molecule has 2 aromatic rings. The van der Waals surface area contributed by atoms with Gasteiger partial charge in [0.2, 0.25) is 0 Å². The highest BCUT2D eigenvalue weighted by molar-refractivity contribution is 5.45. The average molecular weight is 242 g/mol. The molecule has 0 saturated heterocycles. The van der Waals surface area contributed by atoms with Crippen LogP contribution >= 0.6 is 0 Å². The number of anilines is 1. The van der Waals surface area contributed by atoms with Gasteiger partial charge in [-0.15, -0.1) is 0 Å². The summed E-state index contributed by atoms with van der Waals surface area (Å²) in [5, 5.41) is 16.0. The molecule has 0 aromatic carbocycles. The molecular formula is C13H14N4O. The van der Waals surface area contributed by atoms with Crippen LogP contribution in [0.3, 0.4) is 0 Å². The minimum atomic E-state index is 0.586. The van der Waals surface area contributed by atoms with E-state index in [0.717, 1.165) is 22.7 Å². The van der Waals surface area contributed by atoms with Crippen LogP contribution in [0.2, 0.25) is 0 Å². The van der Waals surface area contributed by atoms with E-state index in [2.05, 4.69) is 21.5 Å². The van der Waals surface area contributed by atoms with Crippen LogP contribution in [0.4, 0.5) is 5.82 Å². The third kappa shape index (κ3) is 2.48. The van der Waals surface area contributed by atoms with Crippen molar-refractivity contribution in [3.8, 4) is 6.07 Å². The van der Waals surface area contributed by atoms with Gasteiger partial charge in [-0.3, -0.25) is 0 Å². The molecule has 0 aliphatic heterocycles. The van der Waals surface area contributed by atoms with E-state index in [1.807, 2.05) is 20.8 Å². The topological polar surface area (TPSA) is 74.7 Å². The molecule has 0 saturated carbocycles. The van der Waals surface area contributed by atoms with Gasteiger partial charge in [-0.2, -0.15) is 5.26 Å². The van der Waals surface area contributed by atoms with E-state index in [4.69, 9.17) is 9.78 Å². The molecule has 0 radical (unpaired) electrons. The molecular weight excluding hydrogens is 228 g/mol. The molecule has 0 unspecified atom stereocenters. The van der Waals surface area contributed by atoms with Gasteiger partial charge in [0.25, 0.3) is 0 Å². The molecule has 18 heavy (non-hydrogen) atoms. The molecule has 0 aliphatic rings. The van der Waals surface area contributed by atoms with Crippen molar-refractivity contribution < 1.29 is 4.52 Å². The summed E-state index contributed by atoms with van der Waals surface area (Å²) >= 11 is 0. The van der Waals surface area contributed by atoms with Crippen molar-refractivity contribution in [1.82, 2.24) is 10.1 Å². The van der Waals surface area contributed by atoms with Crippen molar-refractivity contribution in [1.29, 1.82) is 5.26 Å².